The minimum absolute atomic E-state index is 0.230. The SMILES string of the molecule is O=C(CN(C(=O)c1ccc(Cl)cc1)N1C(=O)C2CC=CCC2C1=O)c1ccccc1. The number of carbonyl (C=O) groups is 4. The second-order valence-electron chi connectivity index (χ2n) is 7.30. The van der Waals surface area contributed by atoms with E-state index in [1.54, 1.807) is 42.5 Å². The van der Waals surface area contributed by atoms with Crippen LogP contribution in [0.25, 0.3) is 0 Å². The van der Waals surface area contributed by atoms with Crippen molar-refractivity contribution in [2.45, 2.75) is 12.8 Å². The number of ketones is 1. The summed E-state index contributed by atoms with van der Waals surface area (Å²) in [5.41, 5.74) is 0.624. The number of rotatable bonds is 5. The van der Waals surface area contributed by atoms with Gasteiger partial charge < -0.3 is 0 Å². The molecule has 2 atom stereocenters. The first-order valence-corrected chi connectivity index (χ1v) is 10.0. The summed E-state index contributed by atoms with van der Waals surface area (Å²) in [4.78, 5) is 52.2. The van der Waals surface area contributed by atoms with Crippen LogP contribution in [0.4, 0.5) is 0 Å². The predicted molar refractivity (Wildman–Crippen MR) is 110 cm³/mol. The number of halogens is 1. The van der Waals surface area contributed by atoms with Crippen molar-refractivity contribution in [3.05, 3.63) is 82.9 Å². The molecule has 1 fully saturated rings. The fraction of sp³-hybridized carbons (Fsp3) is 0.217. The maximum absolute atomic E-state index is 13.3. The maximum Gasteiger partial charge on any atom is 0.273 e. The largest absolute Gasteiger partial charge is 0.292 e. The molecule has 0 radical (unpaired) electrons. The lowest BCUT2D eigenvalue weighted by Crippen LogP contribution is -2.52. The van der Waals surface area contributed by atoms with Crippen LogP contribution in [-0.2, 0) is 9.59 Å². The Hall–Kier alpha value is -3.25. The Labute approximate surface area is 178 Å². The third kappa shape index (κ3) is 3.66. The molecule has 3 amide bonds. The minimum atomic E-state index is -0.607. The van der Waals surface area contributed by atoms with Gasteiger partial charge in [-0.25, -0.2) is 5.01 Å². The monoisotopic (exact) mass is 422 g/mol. The molecule has 1 heterocycles. The summed E-state index contributed by atoms with van der Waals surface area (Å²) in [6.07, 6.45) is 4.63. The zero-order valence-corrected chi connectivity index (χ0v) is 16.8. The van der Waals surface area contributed by atoms with E-state index < -0.39 is 36.1 Å². The molecule has 1 aliphatic heterocycles. The molecule has 0 bridgehead atoms. The van der Waals surface area contributed by atoms with Crippen molar-refractivity contribution in [2.24, 2.45) is 11.8 Å². The third-order valence-corrected chi connectivity index (χ3v) is 5.69. The fourth-order valence-corrected chi connectivity index (χ4v) is 3.97. The third-order valence-electron chi connectivity index (χ3n) is 5.44. The molecule has 0 N–H and O–H groups in total. The first-order chi connectivity index (χ1) is 14.5. The van der Waals surface area contributed by atoms with Crippen LogP contribution in [0.3, 0.4) is 0 Å². The van der Waals surface area contributed by atoms with E-state index in [1.807, 2.05) is 12.2 Å². The Morgan fingerprint density at radius 3 is 2.00 bits per heavy atom. The van der Waals surface area contributed by atoms with Gasteiger partial charge in [0.05, 0.1) is 11.8 Å². The van der Waals surface area contributed by atoms with Crippen molar-refractivity contribution < 1.29 is 19.2 Å². The average molecular weight is 423 g/mol. The van der Waals surface area contributed by atoms with E-state index in [0.29, 0.717) is 23.4 Å². The van der Waals surface area contributed by atoms with Crippen molar-refractivity contribution in [3.8, 4) is 0 Å². The quantitative estimate of drug-likeness (QED) is 0.419. The molecule has 0 aromatic heterocycles. The van der Waals surface area contributed by atoms with Gasteiger partial charge in [0, 0.05) is 16.1 Å². The van der Waals surface area contributed by atoms with E-state index in [2.05, 4.69) is 0 Å². The van der Waals surface area contributed by atoms with E-state index in [1.165, 1.54) is 12.1 Å². The Balaban J connectivity index is 1.69. The lowest BCUT2D eigenvalue weighted by Gasteiger charge is -2.30. The van der Waals surface area contributed by atoms with Crippen molar-refractivity contribution in [1.82, 2.24) is 10.0 Å². The van der Waals surface area contributed by atoms with Crippen LogP contribution in [0.5, 0.6) is 0 Å². The molecule has 1 aliphatic carbocycles. The van der Waals surface area contributed by atoms with E-state index in [9.17, 15) is 19.2 Å². The van der Waals surface area contributed by atoms with Gasteiger partial charge in [-0.1, -0.05) is 54.1 Å². The Bertz CT molecular complexity index is 1010. The van der Waals surface area contributed by atoms with E-state index in [0.717, 1.165) is 10.0 Å². The molecule has 2 unspecified atom stereocenters. The van der Waals surface area contributed by atoms with Gasteiger partial charge in [-0.3, -0.25) is 19.2 Å². The van der Waals surface area contributed by atoms with Crippen molar-refractivity contribution >= 4 is 35.1 Å². The van der Waals surface area contributed by atoms with Crippen LogP contribution >= 0.6 is 11.6 Å². The standard InChI is InChI=1S/C23H19ClN2O4/c24-17-12-10-16(11-13-17)21(28)25(14-20(27)15-6-2-1-3-7-15)26-22(29)18-8-4-5-9-19(18)23(26)30/h1-7,10-13,18-19H,8-9,14H2. The van der Waals surface area contributed by atoms with Gasteiger partial charge in [-0.05, 0) is 37.1 Å². The summed E-state index contributed by atoms with van der Waals surface area (Å²) in [6, 6.07) is 14.6. The molecule has 2 aliphatic rings. The molecular formula is C23H19ClN2O4. The van der Waals surface area contributed by atoms with E-state index in [-0.39, 0.29) is 11.3 Å². The van der Waals surface area contributed by atoms with Crippen molar-refractivity contribution in [1.29, 1.82) is 0 Å². The van der Waals surface area contributed by atoms with Gasteiger partial charge in [0.2, 0.25) is 0 Å². The highest BCUT2D eigenvalue weighted by Gasteiger charge is 2.51. The molecule has 2 aromatic rings. The summed E-state index contributed by atoms with van der Waals surface area (Å²) in [7, 11) is 0. The second kappa shape index (κ2) is 8.24. The topological polar surface area (TPSA) is 74.8 Å². The minimum Gasteiger partial charge on any atom is -0.292 e. The normalized spacial score (nSPS) is 20.2. The van der Waals surface area contributed by atoms with Gasteiger partial charge in [0.25, 0.3) is 17.7 Å². The van der Waals surface area contributed by atoms with Crippen LogP contribution in [-0.4, -0.2) is 40.1 Å². The average Bonchev–Trinajstić information content (AvgIpc) is 3.03. The van der Waals surface area contributed by atoms with E-state index >= 15 is 0 Å². The first kappa shape index (κ1) is 20.0. The van der Waals surface area contributed by atoms with Gasteiger partial charge >= 0.3 is 0 Å². The maximum atomic E-state index is 13.3. The first-order valence-electron chi connectivity index (χ1n) is 9.66. The molecule has 2 aromatic carbocycles. The zero-order valence-electron chi connectivity index (χ0n) is 16.0. The molecule has 6 nitrogen and oxygen atoms in total. The van der Waals surface area contributed by atoms with Gasteiger partial charge in [-0.15, -0.1) is 0 Å². The van der Waals surface area contributed by atoms with Gasteiger partial charge in [0.15, 0.2) is 5.78 Å². The summed E-state index contributed by atoms with van der Waals surface area (Å²) >= 11 is 5.91. The molecule has 30 heavy (non-hydrogen) atoms. The lowest BCUT2D eigenvalue weighted by molar-refractivity contribution is -0.154. The number of imide groups is 1. The number of carbonyl (C=O) groups excluding carboxylic acids is 4. The summed E-state index contributed by atoms with van der Waals surface area (Å²) in [5.74, 6) is -2.88. The van der Waals surface area contributed by atoms with Crippen LogP contribution < -0.4 is 0 Å². The molecule has 152 valence electrons. The van der Waals surface area contributed by atoms with Crippen LogP contribution in [0.1, 0.15) is 33.6 Å². The Morgan fingerprint density at radius 1 is 0.867 bits per heavy atom. The fourth-order valence-electron chi connectivity index (χ4n) is 3.85. The number of amides is 3. The molecule has 0 spiro atoms. The highest BCUT2D eigenvalue weighted by Crippen LogP contribution is 2.36. The summed E-state index contributed by atoms with van der Waals surface area (Å²) < 4.78 is 0. The van der Waals surface area contributed by atoms with Crippen molar-refractivity contribution in [2.75, 3.05) is 6.54 Å². The number of hydrogen-bond acceptors (Lipinski definition) is 4. The molecule has 4 rings (SSSR count). The summed E-state index contributed by atoms with van der Waals surface area (Å²) in [6.45, 7) is -0.421. The van der Waals surface area contributed by atoms with Crippen molar-refractivity contribution in [3.63, 3.8) is 0 Å². The number of nitrogens with zero attached hydrogens (tertiary/aromatic N) is 2. The number of fused-ring (bicyclic) bond motifs is 1. The Kier molecular flexibility index (Phi) is 5.50. The van der Waals surface area contributed by atoms with Crippen LogP contribution in [0.2, 0.25) is 5.02 Å². The van der Waals surface area contributed by atoms with E-state index in [4.69, 9.17) is 11.6 Å². The highest BCUT2D eigenvalue weighted by molar-refractivity contribution is 6.30. The van der Waals surface area contributed by atoms with Crippen LogP contribution in [0, 0.1) is 11.8 Å². The molecular weight excluding hydrogens is 404 g/mol. The number of Topliss-reactive ketones (excluding diaryl/α,β-unsaturated/α-hetero) is 1. The predicted octanol–water partition coefficient (Wildman–Crippen LogP) is 3.53. The van der Waals surface area contributed by atoms with Gasteiger partial charge in [-0.2, -0.15) is 5.01 Å². The second-order valence-corrected chi connectivity index (χ2v) is 7.74. The zero-order chi connectivity index (χ0) is 21.3. The lowest BCUT2D eigenvalue weighted by atomic mass is 9.85. The Morgan fingerprint density at radius 2 is 1.43 bits per heavy atom. The highest BCUT2D eigenvalue weighted by atomic mass is 35.5. The smallest absolute Gasteiger partial charge is 0.273 e. The number of allylic oxidation sites excluding steroid dienone is 2. The summed E-state index contributed by atoms with van der Waals surface area (Å²) in [5, 5.41) is 2.30. The number of hydrogen-bond donors (Lipinski definition) is 0. The number of benzene rings is 2. The van der Waals surface area contributed by atoms with Gasteiger partial charge in [0.1, 0.15) is 6.54 Å². The molecule has 1 saturated heterocycles. The number of hydrazine groups is 1. The molecule has 7 heteroatoms. The molecule has 0 saturated carbocycles. The van der Waals surface area contributed by atoms with Crippen LogP contribution in [0.15, 0.2) is 66.7 Å².